The number of pyridine rings is 2. The number of amides is 1. The molecular weight excluding hydrogens is 448 g/mol. The second-order valence-corrected chi connectivity index (χ2v) is 8.22. The summed E-state index contributed by atoms with van der Waals surface area (Å²) in [5.74, 6) is -0.192. The van der Waals surface area contributed by atoms with Crippen molar-refractivity contribution in [2.24, 2.45) is 0 Å². The number of anilines is 5. The van der Waals surface area contributed by atoms with E-state index in [1.54, 1.807) is 30.6 Å². The Balaban J connectivity index is 1.24. The van der Waals surface area contributed by atoms with Gasteiger partial charge in [-0.05, 0) is 85.8 Å². The number of nitrogens with one attached hydrogen (secondary N) is 3. The molecule has 0 aliphatic carbocycles. The van der Waals surface area contributed by atoms with E-state index in [4.69, 9.17) is 6.57 Å². The molecule has 0 atom stereocenters. The van der Waals surface area contributed by atoms with Crippen LogP contribution >= 0.6 is 0 Å². The number of nitrogens with zero attached hydrogens (tertiary/aromatic N) is 3. The van der Waals surface area contributed by atoms with E-state index < -0.39 is 0 Å². The van der Waals surface area contributed by atoms with Gasteiger partial charge in [0, 0.05) is 57.5 Å². The Hall–Kier alpha value is -5.22. The Kier molecular flexibility index (Phi) is 6.24. The first-order valence-electron chi connectivity index (χ1n) is 11.3. The number of aryl methyl sites for hydroxylation is 1. The maximum atomic E-state index is 12.8. The minimum absolute atomic E-state index is 0.192. The first-order chi connectivity index (χ1) is 17.6. The number of hydrogen-bond acceptors (Lipinski definition) is 5. The van der Waals surface area contributed by atoms with Gasteiger partial charge in [-0.2, -0.15) is 0 Å². The largest absolute Gasteiger partial charge is 0.355 e. The van der Waals surface area contributed by atoms with Gasteiger partial charge in [-0.1, -0.05) is 6.07 Å². The standard InChI is InChI=1S/C29H22N6O/c1-19-17-25(13-15-31-19)33-21-7-9-23(10-8-21)35-29(36)20-3-5-22(6-4-20)34-28-14-16-32-27-12-11-24(30-2)18-26(27)28/h3-18H,1H3,(H,31,33)(H,32,34)(H,35,36). The zero-order valence-corrected chi connectivity index (χ0v) is 19.5. The molecule has 0 fully saturated rings. The van der Waals surface area contributed by atoms with Gasteiger partial charge in [0.1, 0.15) is 0 Å². The van der Waals surface area contributed by atoms with E-state index in [1.165, 1.54) is 0 Å². The molecule has 5 rings (SSSR count). The third-order valence-corrected chi connectivity index (χ3v) is 5.61. The predicted octanol–water partition coefficient (Wildman–Crippen LogP) is 7.23. The minimum Gasteiger partial charge on any atom is -0.355 e. The van der Waals surface area contributed by atoms with Crippen LogP contribution in [0.5, 0.6) is 0 Å². The van der Waals surface area contributed by atoms with Crippen LogP contribution < -0.4 is 16.0 Å². The van der Waals surface area contributed by atoms with Gasteiger partial charge in [0.25, 0.3) is 5.91 Å². The summed E-state index contributed by atoms with van der Waals surface area (Å²) in [6.45, 7) is 9.20. The van der Waals surface area contributed by atoms with E-state index >= 15 is 0 Å². The molecule has 36 heavy (non-hydrogen) atoms. The molecule has 2 heterocycles. The number of rotatable bonds is 6. The molecule has 0 aliphatic rings. The fraction of sp³-hybridized carbons (Fsp3) is 0.0345. The van der Waals surface area contributed by atoms with Crippen LogP contribution in [0.15, 0.2) is 97.3 Å². The molecule has 1 amide bonds. The smallest absolute Gasteiger partial charge is 0.255 e. The fourth-order valence-corrected chi connectivity index (χ4v) is 3.80. The van der Waals surface area contributed by atoms with Crippen molar-refractivity contribution in [3.8, 4) is 0 Å². The van der Waals surface area contributed by atoms with Crippen LogP contribution in [-0.4, -0.2) is 15.9 Å². The Bertz CT molecular complexity index is 1590. The average Bonchev–Trinajstić information content (AvgIpc) is 2.90. The van der Waals surface area contributed by atoms with Gasteiger partial charge >= 0.3 is 0 Å². The molecule has 2 aromatic heterocycles. The molecule has 0 spiro atoms. The van der Waals surface area contributed by atoms with Crippen LogP contribution in [0.2, 0.25) is 0 Å². The molecule has 0 saturated heterocycles. The molecule has 3 aromatic carbocycles. The second kappa shape index (κ2) is 9.95. The summed E-state index contributed by atoms with van der Waals surface area (Å²) < 4.78 is 0. The van der Waals surface area contributed by atoms with Gasteiger partial charge in [0.15, 0.2) is 5.69 Å². The van der Waals surface area contributed by atoms with Crippen LogP contribution in [0.1, 0.15) is 16.1 Å². The summed E-state index contributed by atoms with van der Waals surface area (Å²) in [6.07, 6.45) is 3.49. The third-order valence-electron chi connectivity index (χ3n) is 5.61. The normalized spacial score (nSPS) is 10.4. The Morgan fingerprint density at radius 3 is 2.19 bits per heavy atom. The quantitative estimate of drug-likeness (QED) is 0.228. The molecule has 7 heteroatoms. The number of benzene rings is 3. The average molecular weight is 471 g/mol. The maximum absolute atomic E-state index is 12.8. The molecular formula is C29H22N6O. The van der Waals surface area contributed by atoms with E-state index in [9.17, 15) is 4.79 Å². The monoisotopic (exact) mass is 470 g/mol. The van der Waals surface area contributed by atoms with Crippen molar-refractivity contribution in [2.45, 2.75) is 6.92 Å². The maximum Gasteiger partial charge on any atom is 0.255 e. The molecule has 174 valence electrons. The SMILES string of the molecule is [C-]#[N+]c1ccc2nccc(Nc3ccc(C(=O)Nc4ccc(Nc5ccnc(C)c5)cc4)cc3)c2c1. The van der Waals surface area contributed by atoms with E-state index in [0.717, 1.165) is 39.3 Å². The lowest BCUT2D eigenvalue weighted by Crippen LogP contribution is -2.11. The van der Waals surface area contributed by atoms with Crippen molar-refractivity contribution >= 4 is 50.9 Å². The molecule has 0 aliphatic heterocycles. The lowest BCUT2D eigenvalue weighted by atomic mass is 10.1. The summed E-state index contributed by atoms with van der Waals surface area (Å²) in [5.41, 5.74) is 7.10. The van der Waals surface area contributed by atoms with Crippen molar-refractivity contribution in [1.82, 2.24) is 9.97 Å². The highest BCUT2D eigenvalue weighted by Crippen LogP contribution is 2.29. The third kappa shape index (κ3) is 5.13. The Morgan fingerprint density at radius 2 is 1.44 bits per heavy atom. The van der Waals surface area contributed by atoms with Gasteiger partial charge in [-0.15, -0.1) is 0 Å². The van der Waals surface area contributed by atoms with Crippen LogP contribution in [-0.2, 0) is 0 Å². The number of carbonyl (C=O) groups is 1. The second-order valence-electron chi connectivity index (χ2n) is 8.22. The summed E-state index contributed by atoms with van der Waals surface area (Å²) in [6, 6.07) is 25.9. The lowest BCUT2D eigenvalue weighted by Gasteiger charge is -2.11. The first kappa shape index (κ1) is 22.6. The predicted molar refractivity (Wildman–Crippen MR) is 144 cm³/mol. The van der Waals surface area contributed by atoms with E-state index in [2.05, 4.69) is 30.8 Å². The number of fused-ring (bicyclic) bond motifs is 1. The lowest BCUT2D eigenvalue weighted by molar-refractivity contribution is 0.102. The highest BCUT2D eigenvalue weighted by molar-refractivity contribution is 6.04. The highest BCUT2D eigenvalue weighted by Gasteiger charge is 2.08. The van der Waals surface area contributed by atoms with Crippen LogP contribution in [0.4, 0.5) is 34.1 Å². The van der Waals surface area contributed by atoms with Gasteiger partial charge in [0.2, 0.25) is 0 Å². The number of aromatic nitrogens is 2. The summed E-state index contributed by atoms with van der Waals surface area (Å²) in [4.78, 5) is 24.8. The number of carbonyl (C=O) groups excluding carboxylic acids is 1. The van der Waals surface area contributed by atoms with Crippen molar-refractivity contribution in [1.29, 1.82) is 0 Å². The molecule has 0 bridgehead atoms. The zero-order valence-electron chi connectivity index (χ0n) is 19.5. The summed E-state index contributed by atoms with van der Waals surface area (Å²) >= 11 is 0. The first-order valence-corrected chi connectivity index (χ1v) is 11.3. The van der Waals surface area contributed by atoms with Gasteiger partial charge in [-0.25, -0.2) is 4.85 Å². The van der Waals surface area contributed by atoms with Crippen LogP contribution in [0.3, 0.4) is 0 Å². The van der Waals surface area contributed by atoms with Crippen molar-refractivity contribution in [2.75, 3.05) is 16.0 Å². The molecule has 0 saturated carbocycles. The van der Waals surface area contributed by atoms with Crippen LogP contribution in [0, 0.1) is 13.5 Å². The topological polar surface area (TPSA) is 83.3 Å². The fourth-order valence-electron chi connectivity index (χ4n) is 3.80. The molecule has 3 N–H and O–H groups in total. The van der Waals surface area contributed by atoms with E-state index in [1.807, 2.05) is 73.7 Å². The van der Waals surface area contributed by atoms with Gasteiger partial charge in [-0.3, -0.25) is 14.8 Å². The van der Waals surface area contributed by atoms with E-state index in [0.29, 0.717) is 16.9 Å². The van der Waals surface area contributed by atoms with Crippen molar-refractivity contribution in [3.05, 3.63) is 120 Å². The highest BCUT2D eigenvalue weighted by atomic mass is 16.1. The van der Waals surface area contributed by atoms with Crippen molar-refractivity contribution < 1.29 is 4.79 Å². The van der Waals surface area contributed by atoms with E-state index in [-0.39, 0.29) is 5.91 Å². The zero-order chi connectivity index (χ0) is 24.9. The Morgan fingerprint density at radius 1 is 0.750 bits per heavy atom. The van der Waals surface area contributed by atoms with Gasteiger partial charge < -0.3 is 16.0 Å². The molecule has 0 radical (unpaired) electrons. The molecule has 0 unspecified atom stereocenters. The minimum atomic E-state index is -0.192. The summed E-state index contributed by atoms with van der Waals surface area (Å²) in [5, 5.41) is 10.5. The summed E-state index contributed by atoms with van der Waals surface area (Å²) in [7, 11) is 0. The van der Waals surface area contributed by atoms with Crippen LogP contribution in [0.25, 0.3) is 15.7 Å². The number of hydrogen-bond donors (Lipinski definition) is 3. The molecule has 5 aromatic rings. The van der Waals surface area contributed by atoms with Crippen molar-refractivity contribution in [3.63, 3.8) is 0 Å². The van der Waals surface area contributed by atoms with Gasteiger partial charge in [0.05, 0.1) is 12.1 Å². The Labute approximate surface area is 208 Å². The molecule has 7 nitrogen and oxygen atoms in total.